The molecule has 106 valence electrons. The molecule has 0 heterocycles. The molecule has 0 saturated carbocycles. The predicted octanol–water partition coefficient (Wildman–Crippen LogP) is 2.68. The normalized spacial score (nSPS) is 11.7. The van der Waals surface area contributed by atoms with Gasteiger partial charge in [0.2, 0.25) is 0 Å². The molecule has 0 aliphatic carbocycles. The molecule has 0 spiro atoms. The Bertz CT molecular complexity index is 385. The molecule has 1 rings (SSSR count). The van der Waals surface area contributed by atoms with Crippen LogP contribution in [0.3, 0.4) is 0 Å². The molecule has 4 nitrogen and oxygen atoms in total. The van der Waals surface area contributed by atoms with Crippen LogP contribution in [-0.4, -0.2) is 18.6 Å². The van der Waals surface area contributed by atoms with Crippen LogP contribution >= 0.6 is 0 Å². The first-order chi connectivity index (χ1) is 9.11. The van der Waals surface area contributed by atoms with Gasteiger partial charge in [-0.2, -0.15) is 0 Å². The summed E-state index contributed by atoms with van der Waals surface area (Å²) in [6.45, 7) is 7.65. The van der Waals surface area contributed by atoms with Gasteiger partial charge in [-0.05, 0) is 38.0 Å². The predicted molar refractivity (Wildman–Crippen MR) is 80.4 cm³/mol. The van der Waals surface area contributed by atoms with E-state index in [1.54, 1.807) is 0 Å². The second kappa shape index (κ2) is 8.40. The zero-order chi connectivity index (χ0) is 14.1. The van der Waals surface area contributed by atoms with Gasteiger partial charge in [-0.25, -0.2) is 4.99 Å². The maximum atomic E-state index is 5.77. The maximum Gasteiger partial charge on any atom is 0.188 e. The third-order valence-electron chi connectivity index (χ3n) is 2.56. The zero-order valence-corrected chi connectivity index (χ0v) is 12.1. The SMILES string of the molecule is CCCCNC(N)=NCc1ccc(OC(C)C)cc1. The third kappa shape index (κ3) is 6.70. The number of aliphatic imine (C=N–C) groups is 1. The van der Waals surface area contributed by atoms with Crippen LogP contribution in [0.5, 0.6) is 5.75 Å². The second-order valence-electron chi connectivity index (χ2n) is 4.79. The van der Waals surface area contributed by atoms with Gasteiger partial charge in [-0.1, -0.05) is 25.5 Å². The molecule has 0 amide bonds. The van der Waals surface area contributed by atoms with Crippen LogP contribution in [0.2, 0.25) is 0 Å². The number of nitrogens with two attached hydrogens (primary N) is 1. The molecule has 0 aliphatic rings. The van der Waals surface area contributed by atoms with E-state index in [4.69, 9.17) is 10.5 Å². The van der Waals surface area contributed by atoms with E-state index in [1.807, 2.05) is 38.1 Å². The monoisotopic (exact) mass is 263 g/mol. The maximum absolute atomic E-state index is 5.77. The van der Waals surface area contributed by atoms with E-state index in [-0.39, 0.29) is 6.10 Å². The third-order valence-corrected chi connectivity index (χ3v) is 2.56. The van der Waals surface area contributed by atoms with Crippen molar-refractivity contribution in [2.45, 2.75) is 46.3 Å². The van der Waals surface area contributed by atoms with Crippen molar-refractivity contribution in [2.24, 2.45) is 10.7 Å². The Hall–Kier alpha value is -1.71. The Kier molecular flexibility index (Phi) is 6.79. The number of guanidine groups is 1. The Morgan fingerprint density at radius 1 is 1.32 bits per heavy atom. The van der Waals surface area contributed by atoms with Crippen molar-refractivity contribution in [3.63, 3.8) is 0 Å². The number of rotatable bonds is 7. The molecule has 19 heavy (non-hydrogen) atoms. The van der Waals surface area contributed by atoms with E-state index in [2.05, 4.69) is 17.2 Å². The van der Waals surface area contributed by atoms with Crippen LogP contribution in [0, 0.1) is 0 Å². The molecule has 0 saturated heterocycles. The summed E-state index contributed by atoms with van der Waals surface area (Å²) in [5, 5.41) is 3.09. The number of hydrogen-bond acceptors (Lipinski definition) is 2. The topological polar surface area (TPSA) is 59.6 Å². The van der Waals surface area contributed by atoms with E-state index < -0.39 is 0 Å². The first-order valence-corrected chi connectivity index (χ1v) is 6.91. The van der Waals surface area contributed by atoms with Crippen LogP contribution in [-0.2, 0) is 6.54 Å². The summed E-state index contributed by atoms with van der Waals surface area (Å²) in [6.07, 6.45) is 2.46. The van der Waals surface area contributed by atoms with Crippen molar-refractivity contribution in [1.82, 2.24) is 5.32 Å². The minimum atomic E-state index is 0.197. The molecule has 4 heteroatoms. The van der Waals surface area contributed by atoms with Crippen molar-refractivity contribution in [2.75, 3.05) is 6.54 Å². The van der Waals surface area contributed by atoms with Gasteiger partial charge in [0.1, 0.15) is 5.75 Å². The van der Waals surface area contributed by atoms with Crippen molar-refractivity contribution in [1.29, 1.82) is 0 Å². The highest BCUT2D eigenvalue weighted by atomic mass is 16.5. The van der Waals surface area contributed by atoms with Crippen molar-refractivity contribution >= 4 is 5.96 Å². The molecule has 0 aromatic heterocycles. The Morgan fingerprint density at radius 2 is 2.00 bits per heavy atom. The average Bonchev–Trinajstić information content (AvgIpc) is 2.37. The molecule has 0 aliphatic heterocycles. The van der Waals surface area contributed by atoms with Gasteiger partial charge >= 0.3 is 0 Å². The summed E-state index contributed by atoms with van der Waals surface area (Å²) in [4.78, 5) is 4.30. The van der Waals surface area contributed by atoms with Crippen LogP contribution < -0.4 is 15.8 Å². The molecular formula is C15H25N3O. The van der Waals surface area contributed by atoms with Gasteiger partial charge in [0, 0.05) is 6.54 Å². The number of ether oxygens (including phenoxy) is 1. The van der Waals surface area contributed by atoms with Gasteiger partial charge in [-0.15, -0.1) is 0 Å². The summed E-state index contributed by atoms with van der Waals surface area (Å²) < 4.78 is 5.59. The largest absolute Gasteiger partial charge is 0.491 e. The highest BCUT2D eigenvalue weighted by Crippen LogP contribution is 2.14. The standard InChI is InChI=1S/C15H25N3O/c1-4-5-10-17-15(16)18-11-13-6-8-14(9-7-13)19-12(2)3/h6-9,12H,4-5,10-11H2,1-3H3,(H3,16,17,18). The first-order valence-electron chi connectivity index (χ1n) is 6.91. The van der Waals surface area contributed by atoms with Crippen molar-refractivity contribution in [3.8, 4) is 5.75 Å². The smallest absolute Gasteiger partial charge is 0.188 e. The van der Waals surface area contributed by atoms with Gasteiger partial charge in [0.25, 0.3) is 0 Å². The molecule has 0 radical (unpaired) electrons. The fourth-order valence-electron chi connectivity index (χ4n) is 1.57. The van der Waals surface area contributed by atoms with E-state index in [0.29, 0.717) is 12.5 Å². The lowest BCUT2D eigenvalue weighted by molar-refractivity contribution is 0.242. The van der Waals surface area contributed by atoms with E-state index in [9.17, 15) is 0 Å². The Labute approximate surface area is 116 Å². The van der Waals surface area contributed by atoms with Crippen LogP contribution in [0.15, 0.2) is 29.3 Å². The number of unbranched alkanes of at least 4 members (excludes halogenated alkanes) is 1. The van der Waals surface area contributed by atoms with Gasteiger partial charge in [0.05, 0.1) is 12.6 Å². The fraction of sp³-hybridized carbons (Fsp3) is 0.533. The number of hydrogen-bond donors (Lipinski definition) is 2. The van der Waals surface area contributed by atoms with Crippen molar-refractivity contribution < 1.29 is 4.74 Å². The number of nitrogens with zero attached hydrogens (tertiary/aromatic N) is 1. The van der Waals surface area contributed by atoms with Crippen LogP contribution in [0.4, 0.5) is 0 Å². The zero-order valence-electron chi connectivity index (χ0n) is 12.1. The lowest BCUT2D eigenvalue weighted by Crippen LogP contribution is -2.32. The number of nitrogens with one attached hydrogen (secondary N) is 1. The van der Waals surface area contributed by atoms with Gasteiger partial charge in [-0.3, -0.25) is 0 Å². The summed E-state index contributed by atoms with van der Waals surface area (Å²) in [6, 6.07) is 7.96. The summed E-state index contributed by atoms with van der Waals surface area (Å²) in [5.74, 6) is 1.40. The first kappa shape index (κ1) is 15.3. The lowest BCUT2D eigenvalue weighted by Gasteiger charge is -2.09. The summed E-state index contributed by atoms with van der Waals surface area (Å²) in [7, 11) is 0. The molecule has 0 fully saturated rings. The van der Waals surface area contributed by atoms with E-state index in [1.165, 1.54) is 0 Å². The highest BCUT2D eigenvalue weighted by molar-refractivity contribution is 5.77. The Morgan fingerprint density at radius 3 is 2.58 bits per heavy atom. The minimum absolute atomic E-state index is 0.197. The number of benzene rings is 1. The quantitative estimate of drug-likeness (QED) is 0.452. The molecular weight excluding hydrogens is 238 g/mol. The second-order valence-corrected chi connectivity index (χ2v) is 4.79. The Balaban J connectivity index is 2.42. The summed E-state index contributed by atoms with van der Waals surface area (Å²) in [5.41, 5.74) is 6.89. The summed E-state index contributed by atoms with van der Waals surface area (Å²) >= 11 is 0. The van der Waals surface area contributed by atoms with Crippen LogP contribution in [0.25, 0.3) is 0 Å². The van der Waals surface area contributed by atoms with E-state index in [0.717, 1.165) is 30.7 Å². The van der Waals surface area contributed by atoms with Crippen molar-refractivity contribution in [3.05, 3.63) is 29.8 Å². The molecule has 0 unspecified atom stereocenters. The average molecular weight is 263 g/mol. The molecule has 0 atom stereocenters. The minimum Gasteiger partial charge on any atom is -0.491 e. The van der Waals surface area contributed by atoms with Crippen LogP contribution in [0.1, 0.15) is 39.2 Å². The van der Waals surface area contributed by atoms with E-state index >= 15 is 0 Å². The van der Waals surface area contributed by atoms with Gasteiger partial charge < -0.3 is 15.8 Å². The fourth-order valence-corrected chi connectivity index (χ4v) is 1.57. The van der Waals surface area contributed by atoms with Gasteiger partial charge in [0.15, 0.2) is 5.96 Å². The molecule has 0 bridgehead atoms. The molecule has 3 N–H and O–H groups in total. The highest BCUT2D eigenvalue weighted by Gasteiger charge is 1.98. The molecule has 1 aromatic carbocycles. The molecule has 1 aromatic rings. The lowest BCUT2D eigenvalue weighted by atomic mass is 10.2.